The molecule has 0 aromatic rings. The summed E-state index contributed by atoms with van der Waals surface area (Å²) in [4.78, 5) is 16.0. The van der Waals surface area contributed by atoms with E-state index in [9.17, 15) is 4.79 Å². The minimum absolute atomic E-state index is 0. The van der Waals surface area contributed by atoms with Crippen LogP contribution in [0.5, 0.6) is 0 Å². The van der Waals surface area contributed by atoms with Crippen molar-refractivity contribution in [1.29, 1.82) is 0 Å². The molecule has 3 N–H and O–H groups in total. The minimum atomic E-state index is 0. The molecular weight excluding hydrogens is 379 g/mol. The third kappa shape index (κ3) is 15.7. The Morgan fingerprint density at radius 1 is 0.905 bits per heavy atom. The van der Waals surface area contributed by atoms with E-state index in [4.69, 9.17) is 0 Å². The third-order valence-electron chi connectivity index (χ3n) is 2.84. The van der Waals surface area contributed by atoms with Gasteiger partial charge in [0.05, 0.1) is 0 Å². The summed E-state index contributed by atoms with van der Waals surface area (Å²) in [5.74, 6) is 0.908. The van der Waals surface area contributed by atoms with Gasteiger partial charge >= 0.3 is 0 Å². The molecule has 126 valence electrons. The highest BCUT2D eigenvalue weighted by Crippen LogP contribution is 1.98. The highest BCUT2D eigenvalue weighted by Gasteiger charge is 2.01. The number of amides is 1. The van der Waals surface area contributed by atoms with Gasteiger partial charge in [-0.1, -0.05) is 33.1 Å². The normalized spacial score (nSPS) is 10.7. The molecular formula is C15H33IN4O. The first kappa shape index (κ1) is 22.7. The number of aliphatic imine (C=N–C) groups is 1. The van der Waals surface area contributed by atoms with Crippen molar-refractivity contribution in [3.05, 3.63) is 0 Å². The number of hydrogen-bond donors (Lipinski definition) is 3. The van der Waals surface area contributed by atoms with Gasteiger partial charge in [-0.3, -0.25) is 9.79 Å². The van der Waals surface area contributed by atoms with Crippen molar-refractivity contribution >= 4 is 35.8 Å². The Hall–Kier alpha value is -0.530. The smallest absolute Gasteiger partial charge is 0.221 e. The summed E-state index contributed by atoms with van der Waals surface area (Å²) >= 11 is 0. The zero-order valence-electron chi connectivity index (χ0n) is 13.8. The summed E-state index contributed by atoms with van der Waals surface area (Å²) in [5.41, 5.74) is 0. The number of nitrogens with one attached hydrogen (secondary N) is 3. The molecule has 0 unspecified atom stereocenters. The van der Waals surface area contributed by atoms with Crippen molar-refractivity contribution in [3.63, 3.8) is 0 Å². The molecule has 6 heteroatoms. The maximum absolute atomic E-state index is 11.5. The number of carbonyl (C=O) groups is 1. The van der Waals surface area contributed by atoms with E-state index in [1.807, 2.05) is 13.8 Å². The molecule has 0 aliphatic heterocycles. The molecule has 5 nitrogen and oxygen atoms in total. The van der Waals surface area contributed by atoms with Crippen LogP contribution in [-0.2, 0) is 4.79 Å². The summed E-state index contributed by atoms with van der Waals surface area (Å²) in [6.45, 7) is 9.36. The van der Waals surface area contributed by atoms with E-state index in [2.05, 4.69) is 27.9 Å². The standard InChI is InChI=1S/C15H32N4O.HI/c1-4-7-8-9-12-18-15(16-6-3)19-13-10-14(20)17-11-5-2;/h4-13H2,1-3H3,(H,17,20)(H2,16,18,19);1H. The summed E-state index contributed by atoms with van der Waals surface area (Å²) in [7, 11) is 0. The topological polar surface area (TPSA) is 65.5 Å². The monoisotopic (exact) mass is 412 g/mol. The quantitative estimate of drug-likeness (QED) is 0.212. The van der Waals surface area contributed by atoms with Gasteiger partial charge in [0.15, 0.2) is 5.96 Å². The van der Waals surface area contributed by atoms with Gasteiger partial charge < -0.3 is 16.0 Å². The fraction of sp³-hybridized carbons (Fsp3) is 0.867. The first-order valence-electron chi connectivity index (χ1n) is 8.03. The van der Waals surface area contributed by atoms with Crippen LogP contribution >= 0.6 is 24.0 Å². The zero-order chi connectivity index (χ0) is 15.1. The first-order valence-corrected chi connectivity index (χ1v) is 8.03. The van der Waals surface area contributed by atoms with E-state index < -0.39 is 0 Å². The molecule has 0 rings (SSSR count). The molecule has 0 radical (unpaired) electrons. The second kappa shape index (κ2) is 17.5. The molecule has 0 aromatic heterocycles. The predicted molar refractivity (Wildman–Crippen MR) is 101 cm³/mol. The average molecular weight is 412 g/mol. The Balaban J connectivity index is 0. The van der Waals surface area contributed by atoms with Gasteiger partial charge in [-0.05, 0) is 19.8 Å². The van der Waals surface area contributed by atoms with Crippen LogP contribution in [0.3, 0.4) is 0 Å². The number of nitrogens with zero attached hydrogens (tertiary/aromatic N) is 1. The lowest BCUT2D eigenvalue weighted by molar-refractivity contribution is -0.120. The lowest BCUT2D eigenvalue weighted by Gasteiger charge is -2.11. The van der Waals surface area contributed by atoms with Crippen LogP contribution in [0.4, 0.5) is 0 Å². The van der Waals surface area contributed by atoms with Gasteiger partial charge in [0.1, 0.15) is 0 Å². The number of guanidine groups is 1. The fourth-order valence-electron chi connectivity index (χ4n) is 1.72. The second-order valence-corrected chi connectivity index (χ2v) is 4.85. The van der Waals surface area contributed by atoms with Crippen molar-refractivity contribution in [2.24, 2.45) is 4.99 Å². The van der Waals surface area contributed by atoms with E-state index >= 15 is 0 Å². The molecule has 0 spiro atoms. The Bertz CT molecular complexity index is 272. The van der Waals surface area contributed by atoms with Crippen LogP contribution in [-0.4, -0.2) is 38.0 Å². The molecule has 1 amide bonds. The molecule has 0 atom stereocenters. The summed E-state index contributed by atoms with van der Waals surface area (Å²) in [6, 6.07) is 0. The van der Waals surface area contributed by atoms with Crippen LogP contribution in [0.2, 0.25) is 0 Å². The number of rotatable bonds is 11. The van der Waals surface area contributed by atoms with Crippen molar-refractivity contribution in [3.8, 4) is 0 Å². The Morgan fingerprint density at radius 2 is 1.67 bits per heavy atom. The first-order chi connectivity index (χ1) is 9.74. The zero-order valence-corrected chi connectivity index (χ0v) is 16.2. The molecule has 0 saturated heterocycles. The summed E-state index contributed by atoms with van der Waals surface area (Å²) in [5, 5.41) is 9.26. The van der Waals surface area contributed by atoms with Crippen LogP contribution < -0.4 is 16.0 Å². The van der Waals surface area contributed by atoms with Gasteiger partial charge in [-0.2, -0.15) is 0 Å². The molecule has 21 heavy (non-hydrogen) atoms. The van der Waals surface area contributed by atoms with Crippen molar-refractivity contribution in [2.75, 3.05) is 26.2 Å². The van der Waals surface area contributed by atoms with Crippen LogP contribution in [0.1, 0.15) is 59.3 Å². The number of hydrogen-bond acceptors (Lipinski definition) is 2. The van der Waals surface area contributed by atoms with E-state index in [1.165, 1.54) is 19.3 Å². The number of halogens is 1. The van der Waals surface area contributed by atoms with Crippen molar-refractivity contribution in [1.82, 2.24) is 16.0 Å². The third-order valence-corrected chi connectivity index (χ3v) is 2.84. The Kier molecular flexibility index (Phi) is 19.0. The van der Waals surface area contributed by atoms with Crippen molar-refractivity contribution < 1.29 is 4.79 Å². The molecule has 0 aliphatic carbocycles. The van der Waals surface area contributed by atoms with Crippen molar-refractivity contribution in [2.45, 2.75) is 59.3 Å². The van der Waals surface area contributed by atoms with E-state index in [1.54, 1.807) is 0 Å². The van der Waals surface area contributed by atoms with Crippen LogP contribution in [0, 0.1) is 0 Å². The summed E-state index contributed by atoms with van der Waals surface area (Å²) < 4.78 is 0. The Morgan fingerprint density at radius 3 is 2.29 bits per heavy atom. The van der Waals surface area contributed by atoms with Gasteiger partial charge in [-0.15, -0.1) is 24.0 Å². The van der Waals surface area contributed by atoms with Crippen LogP contribution in [0.15, 0.2) is 4.99 Å². The van der Waals surface area contributed by atoms with E-state index in [0.29, 0.717) is 13.0 Å². The van der Waals surface area contributed by atoms with Gasteiger partial charge in [0.25, 0.3) is 0 Å². The molecule has 0 fully saturated rings. The largest absolute Gasteiger partial charge is 0.357 e. The number of unbranched alkanes of at least 4 members (excludes halogenated alkanes) is 3. The maximum Gasteiger partial charge on any atom is 0.221 e. The van der Waals surface area contributed by atoms with Gasteiger partial charge in [0, 0.05) is 32.6 Å². The lowest BCUT2D eigenvalue weighted by Crippen LogP contribution is -2.39. The Labute approximate surface area is 147 Å². The van der Waals surface area contributed by atoms with Gasteiger partial charge in [-0.25, -0.2) is 0 Å². The highest BCUT2D eigenvalue weighted by molar-refractivity contribution is 14.0. The predicted octanol–water partition coefficient (Wildman–Crippen LogP) is 2.66. The average Bonchev–Trinajstić information content (AvgIpc) is 2.44. The lowest BCUT2D eigenvalue weighted by atomic mass is 10.2. The maximum atomic E-state index is 11.5. The number of carbonyl (C=O) groups excluding carboxylic acids is 1. The minimum Gasteiger partial charge on any atom is -0.357 e. The van der Waals surface area contributed by atoms with E-state index in [-0.39, 0.29) is 29.9 Å². The van der Waals surface area contributed by atoms with Crippen LogP contribution in [0.25, 0.3) is 0 Å². The fourth-order valence-corrected chi connectivity index (χ4v) is 1.72. The summed E-state index contributed by atoms with van der Waals surface area (Å²) in [6.07, 6.45) is 6.34. The van der Waals surface area contributed by atoms with Gasteiger partial charge in [0.2, 0.25) is 5.91 Å². The second-order valence-electron chi connectivity index (χ2n) is 4.85. The SMILES string of the molecule is CCCCCCN=C(NCC)NCCC(=O)NCCC.I. The molecule has 0 bridgehead atoms. The van der Waals surface area contributed by atoms with E-state index in [0.717, 1.165) is 38.4 Å². The molecule has 0 aliphatic rings. The molecule has 0 saturated carbocycles. The highest BCUT2D eigenvalue weighted by atomic mass is 127. The molecule has 0 heterocycles. The molecule has 0 aromatic carbocycles.